The molecular weight excluding hydrogens is 344 g/mol. The van der Waals surface area contributed by atoms with Gasteiger partial charge in [-0.15, -0.1) is 0 Å². The van der Waals surface area contributed by atoms with Gasteiger partial charge in [0.25, 0.3) is 11.8 Å². The highest BCUT2D eigenvalue weighted by atomic mass is 79.9. The quantitative estimate of drug-likeness (QED) is 0.626. The number of hydrogen-bond acceptors (Lipinski definition) is 3. The van der Waals surface area contributed by atoms with Crippen LogP contribution in [0.4, 0.5) is 5.69 Å². The van der Waals surface area contributed by atoms with E-state index in [1.54, 1.807) is 30.3 Å². The van der Waals surface area contributed by atoms with Gasteiger partial charge in [0.05, 0.1) is 16.8 Å². The monoisotopic (exact) mass is 352 g/mol. The molecule has 22 heavy (non-hydrogen) atoms. The second kappa shape index (κ2) is 4.74. The number of pyridine rings is 1. The Morgan fingerprint density at radius 1 is 0.909 bits per heavy atom. The molecule has 1 aromatic heterocycles. The Morgan fingerprint density at radius 2 is 1.64 bits per heavy atom. The molecule has 1 aliphatic heterocycles. The number of hydrogen-bond donors (Lipinski definition) is 0. The standard InChI is InChI=1S/C17H9BrN2O2/c18-11-5-7-12(8-6-11)20-16(21)13-9-10-3-1-2-4-14(10)19-15(13)17(20)22/h1-9H. The summed E-state index contributed by atoms with van der Waals surface area (Å²) in [6.07, 6.45) is 0. The lowest BCUT2D eigenvalue weighted by Crippen LogP contribution is -2.29. The zero-order valence-electron chi connectivity index (χ0n) is 11.3. The van der Waals surface area contributed by atoms with Crippen molar-refractivity contribution < 1.29 is 9.59 Å². The largest absolute Gasteiger partial charge is 0.284 e. The fraction of sp³-hybridized carbons (Fsp3) is 0. The van der Waals surface area contributed by atoms with E-state index in [4.69, 9.17) is 0 Å². The van der Waals surface area contributed by atoms with E-state index in [2.05, 4.69) is 20.9 Å². The number of nitrogens with zero attached hydrogens (tertiary/aromatic N) is 2. The number of fused-ring (bicyclic) bond motifs is 2. The molecule has 2 amide bonds. The molecule has 4 rings (SSSR count). The SMILES string of the molecule is O=C1c2cc3ccccc3nc2C(=O)N1c1ccc(Br)cc1. The highest BCUT2D eigenvalue weighted by Gasteiger charge is 2.38. The fourth-order valence-corrected chi connectivity index (χ4v) is 2.85. The molecule has 2 aromatic carbocycles. The lowest BCUT2D eigenvalue weighted by molar-refractivity contribution is 0.0925. The highest BCUT2D eigenvalue weighted by Crippen LogP contribution is 2.30. The number of anilines is 1. The number of imide groups is 1. The van der Waals surface area contributed by atoms with E-state index in [1.807, 2.05) is 24.3 Å². The molecule has 0 spiro atoms. The molecule has 0 saturated carbocycles. The van der Waals surface area contributed by atoms with E-state index in [9.17, 15) is 9.59 Å². The second-order valence-corrected chi connectivity index (χ2v) is 5.92. The summed E-state index contributed by atoms with van der Waals surface area (Å²) in [5, 5.41) is 0.847. The average molecular weight is 353 g/mol. The Labute approximate surface area is 134 Å². The first kappa shape index (κ1) is 13.2. The van der Waals surface area contributed by atoms with Crippen LogP contribution in [-0.2, 0) is 0 Å². The zero-order chi connectivity index (χ0) is 15.3. The molecule has 106 valence electrons. The van der Waals surface area contributed by atoms with Crippen LogP contribution in [0.2, 0.25) is 0 Å². The number of carbonyl (C=O) groups excluding carboxylic acids is 2. The van der Waals surface area contributed by atoms with Crippen LogP contribution in [0.15, 0.2) is 59.1 Å². The first-order valence-electron chi connectivity index (χ1n) is 6.69. The minimum absolute atomic E-state index is 0.214. The molecule has 3 aromatic rings. The molecule has 0 N–H and O–H groups in total. The van der Waals surface area contributed by atoms with Crippen molar-refractivity contribution >= 4 is 44.3 Å². The van der Waals surface area contributed by atoms with Gasteiger partial charge in [0, 0.05) is 9.86 Å². The molecule has 0 aliphatic carbocycles. The van der Waals surface area contributed by atoms with Crippen LogP contribution in [0.3, 0.4) is 0 Å². The van der Waals surface area contributed by atoms with Gasteiger partial charge in [0.15, 0.2) is 0 Å². The molecule has 1 aliphatic rings. The fourth-order valence-electron chi connectivity index (χ4n) is 2.59. The van der Waals surface area contributed by atoms with Crippen LogP contribution >= 0.6 is 15.9 Å². The van der Waals surface area contributed by atoms with Gasteiger partial charge >= 0.3 is 0 Å². The summed E-state index contributed by atoms with van der Waals surface area (Å²) < 4.78 is 0.886. The second-order valence-electron chi connectivity index (χ2n) is 5.00. The maximum Gasteiger partial charge on any atom is 0.284 e. The van der Waals surface area contributed by atoms with E-state index >= 15 is 0 Å². The summed E-state index contributed by atoms with van der Waals surface area (Å²) in [4.78, 5) is 30.7. The number of benzene rings is 2. The first-order chi connectivity index (χ1) is 10.6. The van der Waals surface area contributed by atoms with Crippen LogP contribution < -0.4 is 4.90 Å². The Bertz CT molecular complexity index is 881. The Balaban J connectivity index is 1.88. The smallest absolute Gasteiger partial charge is 0.268 e. The predicted molar refractivity (Wildman–Crippen MR) is 87.0 cm³/mol. The van der Waals surface area contributed by atoms with Crippen LogP contribution in [0.1, 0.15) is 20.8 Å². The topological polar surface area (TPSA) is 50.3 Å². The van der Waals surface area contributed by atoms with Crippen LogP contribution in [0.25, 0.3) is 10.9 Å². The molecule has 2 heterocycles. The van der Waals surface area contributed by atoms with Crippen molar-refractivity contribution in [3.63, 3.8) is 0 Å². The van der Waals surface area contributed by atoms with E-state index < -0.39 is 0 Å². The Kier molecular flexibility index (Phi) is 2.84. The van der Waals surface area contributed by atoms with Crippen molar-refractivity contribution in [1.29, 1.82) is 0 Å². The minimum Gasteiger partial charge on any atom is -0.268 e. The third-order valence-electron chi connectivity index (χ3n) is 3.65. The highest BCUT2D eigenvalue weighted by molar-refractivity contribution is 9.10. The van der Waals surface area contributed by atoms with Crippen molar-refractivity contribution in [2.75, 3.05) is 4.90 Å². The first-order valence-corrected chi connectivity index (χ1v) is 7.48. The maximum atomic E-state index is 12.6. The normalized spacial score (nSPS) is 13.8. The zero-order valence-corrected chi connectivity index (χ0v) is 12.9. The van der Waals surface area contributed by atoms with Crippen molar-refractivity contribution in [2.24, 2.45) is 0 Å². The Hall–Kier alpha value is -2.53. The van der Waals surface area contributed by atoms with Crippen LogP contribution in [-0.4, -0.2) is 16.8 Å². The van der Waals surface area contributed by atoms with Gasteiger partial charge in [-0.3, -0.25) is 9.59 Å². The van der Waals surface area contributed by atoms with Gasteiger partial charge in [-0.25, -0.2) is 9.88 Å². The van der Waals surface area contributed by atoms with E-state index in [0.717, 1.165) is 9.86 Å². The van der Waals surface area contributed by atoms with Crippen molar-refractivity contribution in [2.45, 2.75) is 0 Å². The third-order valence-corrected chi connectivity index (χ3v) is 4.18. The number of aromatic nitrogens is 1. The van der Waals surface area contributed by atoms with Gasteiger partial charge in [0.1, 0.15) is 5.69 Å². The summed E-state index contributed by atoms with van der Waals surface area (Å²) in [7, 11) is 0. The summed E-state index contributed by atoms with van der Waals surface area (Å²) >= 11 is 3.34. The number of carbonyl (C=O) groups is 2. The van der Waals surface area contributed by atoms with Crippen LogP contribution in [0, 0.1) is 0 Å². The molecule has 0 saturated heterocycles. The Morgan fingerprint density at radius 3 is 2.41 bits per heavy atom. The maximum absolute atomic E-state index is 12.6. The van der Waals surface area contributed by atoms with E-state index in [1.165, 1.54) is 4.90 Å². The van der Waals surface area contributed by atoms with Gasteiger partial charge < -0.3 is 0 Å². The van der Waals surface area contributed by atoms with E-state index in [-0.39, 0.29) is 17.5 Å². The summed E-state index contributed by atoms with van der Waals surface area (Å²) in [5.74, 6) is -0.714. The minimum atomic E-state index is -0.381. The van der Waals surface area contributed by atoms with Gasteiger partial charge in [-0.05, 0) is 36.4 Å². The van der Waals surface area contributed by atoms with Crippen molar-refractivity contribution in [3.05, 3.63) is 70.3 Å². The summed E-state index contributed by atoms with van der Waals surface area (Å²) in [5.41, 5.74) is 1.82. The summed E-state index contributed by atoms with van der Waals surface area (Å²) in [6, 6.07) is 16.2. The van der Waals surface area contributed by atoms with Gasteiger partial charge in [-0.2, -0.15) is 0 Å². The lowest BCUT2D eigenvalue weighted by Gasteiger charge is -2.13. The number of rotatable bonds is 1. The molecule has 0 radical (unpaired) electrons. The van der Waals surface area contributed by atoms with E-state index in [0.29, 0.717) is 16.8 Å². The van der Waals surface area contributed by atoms with Gasteiger partial charge in [-0.1, -0.05) is 34.1 Å². The van der Waals surface area contributed by atoms with Crippen molar-refractivity contribution in [1.82, 2.24) is 4.98 Å². The third kappa shape index (κ3) is 1.86. The summed E-state index contributed by atoms with van der Waals surface area (Å²) in [6.45, 7) is 0. The lowest BCUT2D eigenvalue weighted by atomic mass is 10.1. The molecule has 0 fully saturated rings. The van der Waals surface area contributed by atoms with Crippen molar-refractivity contribution in [3.8, 4) is 0 Å². The number of halogens is 1. The molecular formula is C17H9BrN2O2. The molecule has 4 nitrogen and oxygen atoms in total. The number of para-hydroxylation sites is 1. The molecule has 5 heteroatoms. The van der Waals surface area contributed by atoms with Gasteiger partial charge in [0.2, 0.25) is 0 Å². The molecule has 0 atom stereocenters. The van der Waals surface area contributed by atoms with Crippen LogP contribution in [0.5, 0.6) is 0 Å². The molecule has 0 bridgehead atoms. The average Bonchev–Trinajstić information content (AvgIpc) is 2.78. The predicted octanol–water partition coefficient (Wildman–Crippen LogP) is 3.80. The number of amides is 2. The molecule has 0 unspecified atom stereocenters.